The number of nitrogens with zero attached hydrogens (tertiary/aromatic N) is 1. The number of piperidine rings is 1. The summed E-state index contributed by atoms with van der Waals surface area (Å²) in [7, 11) is 5.84. The van der Waals surface area contributed by atoms with Gasteiger partial charge in [0.05, 0.1) is 66.5 Å². The third-order valence-corrected chi connectivity index (χ3v) is 22.3. The van der Waals surface area contributed by atoms with E-state index in [2.05, 4.69) is 0 Å². The predicted molar refractivity (Wildman–Crippen MR) is 377 cm³/mol. The summed E-state index contributed by atoms with van der Waals surface area (Å²) in [6.07, 6.45) is 6.06. The Labute approximate surface area is 607 Å². The highest BCUT2D eigenvalue weighted by Gasteiger charge is 2.54. The molecule has 7 aliphatic rings. The number of ketones is 6. The number of rotatable bonds is 11. The van der Waals surface area contributed by atoms with Crippen molar-refractivity contribution in [1.82, 2.24) is 4.90 Å². The molecule has 3 aliphatic carbocycles. The van der Waals surface area contributed by atoms with Crippen LogP contribution in [0.25, 0.3) is 0 Å². The van der Waals surface area contributed by atoms with Crippen LogP contribution in [-0.2, 0) is 68.3 Å². The molecule has 2 aromatic rings. The number of aliphatic hydroxyl groups is 6. The minimum atomic E-state index is -2.43. The third-order valence-electron chi connectivity index (χ3n) is 22.3. The van der Waals surface area contributed by atoms with Crippen LogP contribution in [0.5, 0.6) is 17.2 Å². The van der Waals surface area contributed by atoms with Crippen LogP contribution in [0.3, 0.4) is 0 Å². The van der Waals surface area contributed by atoms with Crippen molar-refractivity contribution in [2.75, 3.05) is 41.6 Å². The van der Waals surface area contributed by atoms with E-state index in [1.807, 2.05) is 58.1 Å². The maximum absolute atomic E-state index is 14.4. The number of amides is 1. The molecule has 1 amide bonds. The smallest absolute Gasteiger partial charge is 0.329 e. The van der Waals surface area contributed by atoms with Crippen LogP contribution < -0.4 is 10.5 Å². The van der Waals surface area contributed by atoms with Crippen LogP contribution in [0.15, 0.2) is 65.8 Å². The highest BCUT2D eigenvalue weighted by Crippen LogP contribution is 2.53. The molecule has 104 heavy (non-hydrogen) atoms. The van der Waals surface area contributed by atoms with Gasteiger partial charge in [0, 0.05) is 100 Å². The Morgan fingerprint density at radius 1 is 0.788 bits per heavy atom. The fourth-order valence-corrected chi connectivity index (χ4v) is 15.9. The monoisotopic (exact) mass is 1460 g/mol. The summed E-state index contributed by atoms with van der Waals surface area (Å²) in [5, 5.41) is 87.5. The lowest BCUT2D eigenvalue weighted by Gasteiger charge is -2.42. The van der Waals surface area contributed by atoms with E-state index < -0.39 is 180 Å². The van der Waals surface area contributed by atoms with Crippen LogP contribution in [0.1, 0.15) is 194 Å². The molecular formula is C78H108N2O24. The molecule has 2 bridgehead atoms. The van der Waals surface area contributed by atoms with Gasteiger partial charge in [-0.25, -0.2) is 4.79 Å². The van der Waals surface area contributed by atoms with Crippen molar-refractivity contribution in [1.29, 1.82) is 0 Å². The Morgan fingerprint density at radius 3 is 2.16 bits per heavy atom. The zero-order valence-electron chi connectivity index (χ0n) is 61.8. The highest BCUT2D eigenvalue weighted by atomic mass is 16.7. The van der Waals surface area contributed by atoms with E-state index in [0.717, 1.165) is 12.0 Å². The Morgan fingerprint density at radius 2 is 1.50 bits per heavy atom. The number of phenols is 2. The molecule has 21 atom stereocenters. The van der Waals surface area contributed by atoms with E-state index in [9.17, 15) is 79.2 Å². The van der Waals surface area contributed by atoms with Gasteiger partial charge in [0.25, 0.3) is 11.7 Å². The quantitative estimate of drug-likeness (QED) is 0.0447. The second-order valence-corrected chi connectivity index (χ2v) is 29.8. The van der Waals surface area contributed by atoms with Gasteiger partial charge >= 0.3 is 5.97 Å². The van der Waals surface area contributed by atoms with Gasteiger partial charge in [0.15, 0.2) is 23.6 Å². The van der Waals surface area contributed by atoms with E-state index in [1.165, 1.54) is 37.3 Å². The van der Waals surface area contributed by atoms with Gasteiger partial charge in [-0.2, -0.15) is 0 Å². The van der Waals surface area contributed by atoms with Crippen molar-refractivity contribution in [3.05, 3.63) is 99.2 Å². The molecule has 4 heterocycles. The Kier molecular flexibility index (Phi) is 28.5. The normalized spacial score (nSPS) is 36.5. The summed E-state index contributed by atoms with van der Waals surface area (Å²) in [4.78, 5) is 112. The first-order chi connectivity index (χ1) is 49.2. The second-order valence-electron chi connectivity index (χ2n) is 29.8. The number of hydrogen-bond acceptors (Lipinski definition) is 25. The first-order valence-corrected chi connectivity index (χ1v) is 36.3. The number of carbonyl (C=O) groups excluding carboxylic acids is 8. The summed E-state index contributed by atoms with van der Waals surface area (Å²) in [5.74, 6) is -11.7. The van der Waals surface area contributed by atoms with Crippen LogP contribution >= 0.6 is 0 Å². The van der Waals surface area contributed by atoms with Gasteiger partial charge in [-0.1, -0.05) is 83.2 Å². The van der Waals surface area contributed by atoms with Gasteiger partial charge in [0.1, 0.15) is 59.6 Å². The van der Waals surface area contributed by atoms with E-state index in [4.69, 9.17) is 43.6 Å². The Balaban J connectivity index is 0.000000297. The number of methoxy groups -OCH3 is 4. The minimum absolute atomic E-state index is 0.0173. The number of carbonyl (C=O) groups is 8. The number of aliphatic hydroxyl groups excluding tert-OH is 4. The largest absolute Gasteiger partial charge is 0.507 e. The number of esters is 1. The number of benzene rings is 2. The van der Waals surface area contributed by atoms with E-state index in [-0.39, 0.29) is 89.2 Å². The maximum atomic E-state index is 14.4. The minimum Gasteiger partial charge on any atom is -0.507 e. The van der Waals surface area contributed by atoms with Crippen molar-refractivity contribution >= 4 is 46.6 Å². The number of aromatic hydroxyl groups is 2. The van der Waals surface area contributed by atoms with Gasteiger partial charge in [-0.15, -0.1) is 0 Å². The maximum Gasteiger partial charge on any atom is 0.329 e. The lowest BCUT2D eigenvalue weighted by atomic mass is 9.72. The zero-order chi connectivity index (χ0) is 76.6. The van der Waals surface area contributed by atoms with Crippen LogP contribution in [-0.4, -0.2) is 219 Å². The number of cyclic esters (lactones) is 1. The van der Waals surface area contributed by atoms with Crippen molar-refractivity contribution in [2.24, 2.45) is 41.2 Å². The number of nitrogens with two attached hydrogens (primary N) is 1. The summed E-state index contributed by atoms with van der Waals surface area (Å²) in [6, 6.07) is 2.50. The van der Waals surface area contributed by atoms with Crippen LogP contribution in [0.4, 0.5) is 0 Å². The van der Waals surface area contributed by atoms with Gasteiger partial charge in [-0.3, -0.25) is 33.6 Å². The third kappa shape index (κ3) is 18.3. The summed E-state index contributed by atoms with van der Waals surface area (Å²) in [6.45, 7) is 13.3. The lowest BCUT2D eigenvalue weighted by molar-refractivity contribution is -0.265. The number of fused-ring (bicyclic) bond motifs is 6. The van der Waals surface area contributed by atoms with Crippen LogP contribution in [0.2, 0.25) is 0 Å². The van der Waals surface area contributed by atoms with E-state index in [1.54, 1.807) is 48.0 Å². The molecule has 574 valence electrons. The summed E-state index contributed by atoms with van der Waals surface area (Å²) >= 11 is 0. The SMILES string of the molecule is CO[C@H]1C[C@@H]2CC[C@@H](C)[C@@](O)(O2)C(=O)C(=O)N2CCCC[C@H]2C(=O)O[C@H]([C@H](C)C[C@@H]2CC[C@@H](O)[C@H](OC)C2)CC(=O)[C@H](C)/C=C(\C)[C@@H](O)[C@@H](OC)C(=O)[C@H](C)C[C@H](C)/C=C/C=C/C=C/1C.COc1cccc2c1C(=O)c1c(O)c3c(c(O)c1C2=O)C[C@@](O)(C(=O)CO)C[C@@H]3O[C@H]1C[C@H](N)[C@H](O)[C@H](C)O1. The summed E-state index contributed by atoms with van der Waals surface area (Å²) in [5.41, 5.74) is 3.64. The number of ether oxygens (including phenoxy) is 8. The van der Waals surface area contributed by atoms with E-state index >= 15 is 0 Å². The summed E-state index contributed by atoms with van der Waals surface area (Å²) < 4.78 is 46.4. The lowest BCUT2D eigenvalue weighted by Crippen LogP contribution is -2.61. The van der Waals surface area contributed by atoms with Crippen molar-refractivity contribution in [2.45, 2.75) is 243 Å². The molecule has 4 aliphatic heterocycles. The number of hydrogen-bond donors (Lipinski definition) is 9. The topological polar surface area (TPSA) is 402 Å². The predicted octanol–water partition coefficient (Wildman–Crippen LogP) is 6.18. The number of Topliss-reactive ketones (excluding diaryl/α,β-unsaturated/α-hetero) is 4. The fourth-order valence-electron chi connectivity index (χ4n) is 15.9. The molecule has 1 saturated carbocycles. The number of allylic oxidation sites excluding steroid dienone is 6. The van der Waals surface area contributed by atoms with Gasteiger partial charge in [0.2, 0.25) is 11.6 Å². The highest BCUT2D eigenvalue weighted by molar-refractivity contribution is 6.39. The zero-order valence-corrected chi connectivity index (χ0v) is 61.8. The molecule has 9 rings (SSSR count). The first-order valence-electron chi connectivity index (χ1n) is 36.3. The molecule has 3 saturated heterocycles. The standard InChI is InChI=1S/C51H79NO13.C27H29NO11/c1-30-16-12-11-13-17-31(2)42(61-8)28-38-21-19-36(7)51(60,65-38)48(57)49(58)52-23-15-14-18-39(52)50(59)64-43(33(4)26-37-20-22-40(53)44(27-37)62-9)29-41(54)32(3)25-35(6)46(56)47(63-10)45(55)34(5)24-30;1-10-22(31)13(28)6-17(38-10)39-15-8-27(36,16(30)9-29)7-12-19(15)26(35)21-20(24(12)33)23(32)11-4-3-5-14(37-2)18(11)25(21)34/h11-13,16-17,25,30,32-34,36-40,42-44,46-47,53,56,60H,14-15,18-24,26-29H2,1-10H3;3-5,10,13,15,17,22,29,31,33,35-36H,6-9,28H2,1-2H3/b13-11+,16-12+,31-17+,35-25+;/t30-,32-,33-,34-,36-,37+,38+,39+,40-,42+,43+,44-,46-,47+,51-;10-,13-,15-,17-,22+,27-/m10/s1. The second kappa shape index (κ2) is 35.8. The van der Waals surface area contributed by atoms with Gasteiger partial charge in [-0.05, 0) is 120 Å². The Bertz CT molecular complexity index is 3590. The van der Waals surface area contributed by atoms with Crippen molar-refractivity contribution in [3.63, 3.8) is 0 Å². The molecule has 26 heteroatoms. The molecule has 10 N–H and O–H groups in total. The Hall–Kier alpha value is -6.76. The van der Waals surface area contributed by atoms with Crippen LogP contribution in [0, 0.1) is 35.5 Å². The van der Waals surface area contributed by atoms with Gasteiger partial charge < -0.3 is 89.4 Å². The number of phenolic OH excluding ortho intramolecular Hbond substituents is 2. The molecular weight excluding hydrogens is 1350 g/mol. The average molecular weight is 1460 g/mol. The molecule has 0 aromatic heterocycles. The first kappa shape index (κ1) is 82.9. The molecule has 4 fully saturated rings. The molecule has 0 spiro atoms. The van der Waals surface area contributed by atoms with Crippen molar-refractivity contribution < 1.29 is 117 Å². The molecule has 26 nitrogen and oxygen atoms in total. The average Bonchev–Trinajstić information content (AvgIpc) is 0.711. The fraction of sp³-hybridized carbons (Fsp3) is 0.641. The molecule has 0 radical (unpaired) electrons. The molecule has 2 aromatic carbocycles. The van der Waals surface area contributed by atoms with Crippen molar-refractivity contribution in [3.8, 4) is 17.2 Å². The molecule has 0 unspecified atom stereocenters. The van der Waals surface area contributed by atoms with E-state index in [0.29, 0.717) is 63.4 Å².